The highest BCUT2D eigenvalue weighted by molar-refractivity contribution is 6.25. The van der Waals surface area contributed by atoms with Crippen LogP contribution in [-0.2, 0) is 28.8 Å². The van der Waals surface area contributed by atoms with Crippen molar-refractivity contribution >= 4 is 34.9 Å². The van der Waals surface area contributed by atoms with Crippen LogP contribution >= 0.6 is 0 Å². The van der Waals surface area contributed by atoms with Crippen LogP contribution in [0.2, 0.25) is 0 Å². The van der Waals surface area contributed by atoms with E-state index in [-0.39, 0.29) is 0 Å². The van der Waals surface area contributed by atoms with Crippen LogP contribution in [0.4, 0.5) is 0 Å². The predicted molar refractivity (Wildman–Crippen MR) is 127 cm³/mol. The van der Waals surface area contributed by atoms with Crippen LogP contribution in [0.15, 0.2) is 0 Å². The van der Waals surface area contributed by atoms with Crippen LogP contribution in [0, 0.1) is 5.92 Å². The van der Waals surface area contributed by atoms with E-state index in [0.29, 0.717) is 6.42 Å². The molecule has 0 aliphatic rings. The van der Waals surface area contributed by atoms with Gasteiger partial charge in [-0.15, -0.1) is 0 Å². The number of likely N-dealkylation sites (N-methyl/N-ethyl adjacent to an activating group) is 3. The van der Waals surface area contributed by atoms with Crippen LogP contribution in [0.5, 0.6) is 0 Å². The van der Waals surface area contributed by atoms with E-state index in [1.165, 1.54) is 28.1 Å². The fourth-order valence-electron chi connectivity index (χ4n) is 3.68. The number of carbonyl (C=O) groups excluding carboxylic acids is 5. The molecule has 3 unspecified atom stereocenters. The summed E-state index contributed by atoms with van der Waals surface area (Å²) in [5, 5.41) is 49.9. The zero-order valence-corrected chi connectivity index (χ0v) is 21.8. The van der Waals surface area contributed by atoms with Gasteiger partial charge in [0.1, 0.15) is 0 Å². The van der Waals surface area contributed by atoms with Crippen molar-refractivity contribution in [3.05, 3.63) is 0 Å². The van der Waals surface area contributed by atoms with E-state index in [0.717, 1.165) is 6.92 Å². The Morgan fingerprint density at radius 3 is 1.75 bits per heavy atom. The van der Waals surface area contributed by atoms with Crippen LogP contribution in [0.3, 0.4) is 0 Å². The summed E-state index contributed by atoms with van der Waals surface area (Å²) < 4.78 is 0. The Kier molecular flexibility index (Phi) is 12.3. The number of carboxylic acid groups (broad SMARTS) is 1. The van der Waals surface area contributed by atoms with E-state index in [1.54, 1.807) is 13.8 Å². The minimum Gasteiger partial charge on any atom is -0.479 e. The number of aliphatic carboxylic acids is 1. The van der Waals surface area contributed by atoms with Gasteiger partial charge in [0.25, 0.3) is 0 Å². The summed E-state index contributed by atoms with van der Waals surface area (Å²) in [5.41, 5.74) is -9.87. The van der Waals surface area contributed by atoms with Crippen molar-refractivity contribution in [3.63, 3.8) is 0 Å². The number of aliphatic hydroxyl groups is 3. The molecule has 206 valence electrons. The van der Waals surface area contributed by atoms with Crippen LogP contribution in [-0.4, -0.2) is 112 Å². The molecule has 0 aromatic carbocycles. The fraction of sp³-hybridized carbons (Fsp3) is 0.739. The quantitative estimate of drug-likeness (QED) is 0.0926. The number of hydrogen-bond acceptors (Lipinski definition) is 12. The molecule has 6 atom stereocenters. The SMILES string of the molecule is CC[C@@H](C)[C@H](NC)C(=O)C(O)(CC(=O)C(C)(O)C(=O)[C@H](C)NC)C(=O)C(O)(CC(=O)CNC)C(=O)O. The van der Waals surface area contributed by atoms with Gasteiger partial charge < -0.3 is 36.4 Å². The summed E-state index contributed by atoms with van der Waals surface area (Å²) >= 11 is 0. The standard InChI is InChI=1S/C23H39N3O10/c1-8-12(2)16(26-7)18(30)22(35,10-15(28)21(4,34)17(29)13(3)25-6)19(31)23(36,20(32)33)9-14(27)11-24-5/h12-13,16,24-26,34-36H,8-11H2,1-7H3,(H,32,33)/t12-,13+,16+,21?,22?,23?/m1/s1. The van der Waals surface area contributed by atoms with E-state index in [4.69, 9.17) is 0 Å². The molecule has 13 heteroatoms. The molecule has 0 saturated carbocycles. The van der Waals surface area contributed by atoms with E-state index in [2.05, 4.69) is 16.0 Å². The lowest BCUT2D eigenvalue weighted by atomic mass is 9.72. The molecular weight excluding hydrogens is 478 g/mol. The summed E-state index contributed by atoms with van der Waals surface area (Å²) in [6, 6.07) is -2.33. The van der Waals surface area contributed by atoms with Gasteiger partial charge in [-0.05, 0) is 40.9 Å². The average molecular weight is 518 g/mol. The Bertz CT molecular complexity index is 874. The molecular formula is C23H39N3O10. The number of carbonyl (C=O) groups is 6. The number of ketones is 5. The third-order valence-electron chi connectivity index (χ3n) is 6.41. The smallest absolute Gasteiger partial charge is 0.344 e. The zero-order chi connectivity index (χ0) is 28.6. The predicted octanol–water partition coefficient (Wildman–Crippen LogP) is -2.63. The number of carboxylic acids is 1. The Morgan fingerprint density at radius 1 is 0.833 bits per heavy atom. The summed E-state index contributed by atoms with van der Waals surface area (Å²) in [5.74, 6) is -9.59. The fourth-order valence-corrected chi connectivity index (χ4v) is 3.68. The summed E-state index contributed by atoms with van der Waals surface area (Å²) in [7, 11) is 4.06. The molecule has 0 amide bonds. The molecule has 7 N–H and O–H groups in total. The molecule has 0 heterocycles. The van der Waals surface area contributed by atoms with Gasteiger partial charge in [0.05, 0.1) is 31.5 Å². The monoisotopic (exact) mass is 517 g/mol. The minimum absolute atomic E-state index is 0.356. The Labute approximate surface area is 210 Å². The molecule has 0 aromatic rings. The highest BCUT2D eigenvalue weighted by atomic mass is 16.4. The van der Waals surface area contributed by atoms with Gasteiger partial charge in [0.2, 0.25) is 11.4 Å². The molecule has 13 nitrogen and oxygen atoms in total. The van der Waals surface area contributed by atoms with Gasteiger partial charge in [0.15, 0.2) is 34.3 Å². The molecule has 0 aliphatic heterocycles. The normalized spacial score (nSPS) is 19.1. The van der Waals surface area contributed by atoms with Gasteiger partial charge in [-0.1, -0.05) is 20.3 Å². The van der Waals surface area contributed by atoms with E-state index in [1.807, 2.05) is 0 Å². The van der Waals surface area contributed by atoms with E-state index >= 15 is 0 Å². The van der Waals surface area contributed by atoms with Crippen molar-refractivity contribution in [2.45, 2.75) is 75.8 Å². The molecule has 36 heavy (non-hydrogen) atoms. The molecule has 0 spiro atoms. The highest BCUT2D eigenvalue weighted by Crippen LogP contribution is 2.30. The number of Topliss-reactive ketones (excluding diaryl/α,β-unsaturated/α-hetero) is 5. The minimum atomic E-state index is -3.58. The zero-order valence-electron chi connectivity index (χ0n) is 21.8. The van der Waals surface area contributed by atoms with Crippen molar-refractivity contribution < 1.29 is 49.2 Å². The van der Waals surface area contributed by atoms with Gasteiger partial charge in [-0.2, -0.15) is 0 Å². The molecule has 0 rings (SSSR count). The number of rotatable bonds is 18. The first-order valence-corrected chi connectivity index (χ1v) is 11.5. The largest absolute Gasteiger partial charge is 0.479 e. The Hall–Kier alpha value is -2.42. The van der Waals surface area contributed by atoms with Gasteiger partial charge >= 0.3 is 5.97 Å². The molecule has 0 aromatic heterocycles. The first-order chi connectivity index (χ1) is 16.4. The molecule has 0 aliphatic carbocycles. The van der Waals surface area contributed by atoms with Crippen molar-refractivity contribution in [1.82, 2.24) is 16.0 Å². The first kappa shape index (κ1) is 33.6. The second-order valence-electron chi connectivity index (χ2n) is 9.16. The lowest BCUT2D eigenvalue weighted by Crippen LogP contribution is -2.66. The average Bonchev–Trinajstić information content (AvgIpc) is 2.82. The second kappa shape index (κ2) is 13.2. The first-order valence-electron chi connectivity index (χ1n) is 11.5. The lowest BCUT2D eigenvalue weighted by molar-refractivity contribution is -0.181. The third-order valence-corrected chi connectivity index (χ3v) is 6.41. The summed E-state index contributed by atoms with van der Waals surface area (Å²) in [6.07, 6.45) is -2.48. The molecule has 0 radical (unpaired) electrons. The maximum Gasteiger partial charge on any atom is 0.344 e. The highest BCUT2D eigenvalue weighted by Gasteiger charge is 2.61. The Balaban J connectivity index is 6.86. The van der Waals surface area contributed by atoms with Crippen LogP contribution in [0.1, 0.15) is 47.0 Å². The molecule has 0 saturated heterocycles. The number of hydrogen-bond donors (Lipinski definition) is 7. The molecule has 0 bridgehead atoms. The second-order valence-corrected chi connectivity index (χ2v) is 9.16. The topological polar surface area (TPSA) is 219 Å². The maximum absolute atomic E-state index is 13.5. The van der Waals surface area contributed by atoms with Gasteiger partial charge in [-0.3, -0.25) is 24.0 Å². The van der Waals surface area contributed by atoms with Crippen LogP contribution < -0.4 is 16.0 Å². The van der Waals surface area contributed by atoms with E-state index < -0.39 is 89.1 Å². The lowest BCUT2D eigenvalue weighted by Gasteiger charge is -2.36. The van der Waals surface area contributed by atoms with Gasteiger partial charge in [-0.25, -0.2) is 4.79 Å². The third kappa shape index (κ3) is 7.08. The van der Waals surface area contributed by atoms with Crippen molar-refractivity contribution in [1.29, 1.82) is 0 Å². The summed E-state index contributed by atoms with van der Waals surface area (Å²) in [4.78, 5) is 76.5. The maximum atomic E-state index is 13.5. The van der Waals surface area contributed by atoms with E-state index in [9.17, 15) is 49.2 Å². The van der Waals surface area contributed by atoms with Crippen molar-refractivity contribution in [3.8, 4) is 0 Å². The van der Waals surface area contributed by atoms with Gasteiger partial charge in [0, 0.05) is 0 Å². The van der Waals surface area contributed by atoms with Crippen molar-refractivity contribution in [2.75, 3.05) is 27.7 Å². The van der Waals surface area contributed by atoms with Crippen molar-refractivity contribution in [2.24, 2.45) is 5.92 Å². The van der Waals surface area contributed by atoms with Crippen LogP contribution in [0.25, 0.3) is 0 Å². The number of nitrogens with one attached hydrogen (secondary N) is 3. The molecule has 0 fully saturated rings. The summed E-state index contributed by atoms with van der Waals surface area (Å²) in [6.45, 7) is 4.99. The Morgan fingerprint density at radius 2 is 1.36 bits per heavy atom.